The van der Waals surface area contributed by atoms with Crippen LogP contribution in [0.4, 0.5) is 0 Å². The Hall–Kier alpha value is -1.62. The highest BCUT2D eigenvalue weighted by Gasteiger charge is 2.53. The van der Waals surface area contributed by atoms with Gasteiger partial charge in [-0.1, -0.05) is 0 Å². The van der Waals surface area contributed by atoms with Crippen LogP contribution in [0, 0.1) is 23.2 Å². The third-order valence-electron chi connectivity index (χ3n) is 6.53. The van der Waals surface area contributed by atoms with Crippen molar-refractivity contribution in [1.82, 2.24) is 10.6 Å². The summed E-state index contributed by atoms with van der Waals surface area (Å²) < 4.78 is 5.18. The van der Waals surface area contributed by atoms with E-state index in [1.54, 1.807) is 24.5 Å². The number of nitrogens with one attached hydrogen (secondary N) is 2. The van der Waals surface area contributed by atoms with Gasteiger partial charge >= 0.3 is 0 Å². The van der Waals surface area contributed by atoms with Gasteiger partial charge in [0.15, 0.2) is 5.11 Å². The lowest BCUT2D eigenvalue weighted by Gasteiger charge is -2.59. The standard InChI is InChI=1S/C20H26N2O2S/c1-13(20-10-14-7-15(11-20)9-16(8-14)12-20)21-19(25)22-18(23)5-4-17-3-2-6-24-17/h2-6,13-16H,7-12H2,1H3,(H2,21,22,23,25)/b5-4-/t13-,14?,15?,16?,20?/m1/s1. The number of carbonyl (C=O) groups is 1. The largest absolute Gasteiger partial charge is 0.465 e. The summed E-state index contributed by atoms with van der Waals surface area (Å²) in [4.78, 5) is 12.0. The van der Waals surface area contributed by atoms with Gasteiger partial charge in [0.05, 0.1) is 6.26 Å². The molecule has 0 saturated heterocycles. The highest BCUT2D eigenvalue weighted by atomic mass is 32.1. The van der Waals surface area contributed by atoms with Crippen LogP contribution in [0.15, 0.2) is 28.9 Å². The zero-order chi connectivity index (χ0) is 17.4. The molecule has 4 nitrogen and oxygen atoms in total. The van der Waals surface area contributed by atoms with Crippen LogP contribution in [0.2, 0.25) is 0 Å². The second kappa shape index (κ2) is 6.60. The fourth-order valence-electron chi connectivity index (χ4n) is 5.79. The topological polar surface area (TPSA) is 54.3 Å². The average molecular weight is 359 g/mol. The molecule has 0 radical (unpaired) electrons. The Bertz CT molecular complexity index is 645. The Kier molecular flexibility index (Phi) is 4.44. The highest BCUT2D eigenvalue weighted by Crippen LogP contribution is 2.61. The normalized spacial score (nSPS) is 34.2. The van der Waals surface area contributed by atoms with Crippen molar-refractivity contribution in [2.45, 2.75) is 51.5 Å². The van der Waals surface area contributed by atoms with Gasteiger partial charge in [-0.25, -0.2) is 0 Å². The number of hydrogen-bond acceptors (Lipinski definition) is 3. The second-order valence-corrected chi connectivity index (χ2v) is 8.72. The molecule has 4 saturated carbocycles. The predicted octanol–water partition coefficient (Wildman–Crippen LogP) is 3.89. The van der Waals surface area contributed by atoms with E-state index in [1.807, 2.05) is 0 Å². The molecule has 134 valence electrons. The molecule has 4 fully saturated rings. The van der Waals surface area contributed by atoms with Crippen LogP contribution in [0.25, 0.3) is 6.08 Å². The van der Waals surface area contributed by atoms with Crippen molar-refractivity contribution in [1.29, 1.82) is 0 Å². The van der Waals surface area contributed by atoms with Gasteiger partial charge in [-0.05, 0) is 99.0 Å². The fourth-order valence-corrected chi connectivity index (χ4v) is 6.07. The lowest BCUT2D eigenvalue weighted by molar-refractivity contribution is -0.115. The van der Waals surface area contributed by atoms with Crippen LogP contribution in [-0.2, 0) is 4.79 Å². The molecule has 1 heterocycles. The minimum Gasteiger partial charge on any atom is -0.465 e. The molecule has 1 aromatic rings. The van der Waals surface area contributed by atoms with Gasteiger partial charge in [0.2, 0.25) is 5.91 Å². The van der Waals surface area contributed by atoms with E-state index in [0.29, 0.717) is 22.3 Å². The molecule has 1 amide bonds. The first kappa shape index (κ1) is 16.8. The van der Waals surface area contributed by atoms with Gasteiger partial charge in [0, 0.05) is 12.1 Å². The number of amides is 1. The molecule has 0 aliphatic heterocycles. The minimum atomic E-state index is -0.230. The molecule has 4 aliphatic rings. The van der Waals surface area contributed by atoms with E-state index < -0.39 is 0 Å². The SMILES string of the molecule is C[C@@H](NC(=S)NC(=O)/C=C\c1ccco1)C12CC3CC(CC(C3)C1)C2. The van der Waals surface area contributed by atoms with Crippen LogP contribution in [0.3, 0.4) is 0 Å². The molecule has 0 unspecified atom stereocenters. The smallest absolute Gasteiger partial charge is 0.250 e. The van der Waals surface area contributed by atoms with E-state index >= 15 is 0 Å². The second-order valence-electron chi connectivity index (χ2n) is 8.31. The molecule has 25 heavy (non-hydrogen) atoms. The number of hydrogen-bond donors (Lipinski definition) is 2. The monoisotopic (exact) mass is 358 g/mol. The summed E-state index contributed by atoms with van der Waals surface area (Å²) in [6, 6.07) is 3.90. The molecule has 4 aliphatic carbocycles. The van der Waals surface area contributed by atoms with Crippen LogP contribution in [0.1, 0.15) is 51.2 Å². The molecule has 5 rings (SSSR count). The van der Waals surface area contributed by atoms with E-state index in [1.165, 1.54) is 44.6 Å². The zero-order valence-corrected chi connectivity index (χ0v) is 15.5. The quantitative estimate of drug-likeness (QED) is 0.633. The zero-order valence-electron chi connectivity index (χ0n) is 14.7. The molecular formula is C20H26N2O2S. The lowest BCUT2D eigenvalue weighted by Crippen LogP contribution is -2.57. The lowest BCUT2D eigenvalue weighted by atomic mass is 9.48. The number of rotatable bonds is 4. The minimum absolute atomic E-state index is 0.230. The van der Waals surface area contributed by atoms with E-state index in [2.05, 4.69) is 17.6 Å². The Morgan fingerprint density at radius 2 is 1.92 bits per heavy atom. The van der Waals surface area contributed by atoms with Crippen molar-refractivity contribution >= 4 is 29.3 Å². The number of carbonyl (C=O) groups excluding carboxylic acids is 1. The molecule has 0 aromatic carbocycles. The molecule has 0 spiro atoms. The van der Waals surface area contributed by atoms with Crippen molar-refractivity contribution in [3.8, 4) is 0 Å². The fraction of sp³-hybridized carbons (Fsp3) is 0.600. The Morgan fingerprint density at radius 3 is 2.48 bits per heavy atom. The van der Waals surface area contributed by atoms with Crippen molar-refractivity contribution in [3.05, 3.63) is 30.2 Å². The first-order valence-electron chi connectivity index (χ1n) is 9.35. The van der Waals surface area contributed by atoms with Crippen molar-refractivity contribution in [2.24, 2.45) is 23.2 Å². The van der Waals surface area contributed by atoms with Crippen LogP contribution >= 0.6 is 12.2 Å². The van der Waals surface area contributed by atoms with Gasteiger partial charge in [0.1, 0.15) is 5.76 Å². The third-order valence-corrected chi connectivity index (χ3v) is 6.75. The van der Waals surface area contributed by atoms with E-state index in [4.69, 9.17) is 16.6 Å². The molecule has 1 atom stereocenters. The van der Waals surface area contributed by atoms with E-state index in [9.17, 15) is 4.79 Å². The maximum absolute atomic E-state index is 12.0. The van der Waals surface area contributed by atoms with Crippen molar-refractivity contribution < 1.29 is 9.21 Å². The average Bonchev–Trinajstić information content (AvgIpc) is 3.05. The van der Waals surface area contributed by atoms with Gasteiger partial charge in [0.25, 0.3) is 0 Å². The molecule has 1 aromatic heterocycles. The molecule has 5 heteroatoms. The van der Waals surface area contributed by atoms with Gasteiger partial charge in [-0.2, -0.15) is 0 Å². The van der Waals surface area contributed by atoms with E-state index in [-0.39, 0.29) is 5.91 Å². The summed E-state index contributed by atoms with van der Waals surface area (Å²) in [7, 11) is 0. The summed E-state index contributed by atoms with van der Waals surface area (Å²) in [5, 5.41) is 6.59. The maximum Gasteiger partial charge on any atom is 0.250 e. The Labute approximate surface area is 154 Å². The predicted molar refractivity (Wildman–Crippen MR) is 102 cm³/mol. The first-order valence-corrected chi connectivity index (χ1v) is 9.76. The Morgan fingerprint density at radius 1 is 1.28 bits per heavy atom. The van der Waals surface area contributed by atoms with Crippen molar-refractivity contribution in [3.63, 3.8) is 0 Å². The summed E-state index contributed by atoms with van der Waals surface area (Å²) in [5.41, 5.74) is 0.369. The number of furan rings is 1. The number of thiocarbonyl (C=S) groups is 1. The van der Waals surface area contributed by atoms with Crippen molar-refractivity contribution in [2.75, 3.05) is 0 Å². The van der Waals surface area contributed by atoms with E-state index in [0.717, 1.165) is 17.8 Å². The molecular weight excluding hydrogens is 332 g/mol. The summed E-state index contributed by atoms with van der Waals surface area (Å²) in [6.45, 7) is 2.24. The van der Waals surface area contributed by atoms with Gasteiger partial charge < -0.3 is 9.73 Å². The third kappa shape index (κ3) is 3.52. The molecule has 4 bridgehead atoms. The summed E-state index contributed by atoms with van der Waals surface area (Å²) in [5.74, 6) is 3.15. The van der Waals surface area contributed by atoms with Crippen LogP contribution in [0.5, 0.6) is 0 Å². The van der Waals surface area contributed by atoms with Gasteiger partial charge in [-0.15, -0.1) is 0 Å². The summed E-state index contributed by atoms with van der Waals surface area (Å²) in [6.07, 6.45) is 12.9. The highest BCUT2D eigenvalue weighted by molar-refractivity contribution is 7.80. The summed E-state index contributed by atoms with van der Waals surface area (Å²) >= 11 is 5.38. The maximum atomic E-state index is 12.0. The Balaban J connectivity index is 1.32. The van der Waals surface area contributed by atoms with Crippen LogP contribution < -0.4 is 10.6 Å². The molecule has 2 N–H and O–H groups in total. The van der Waals surface area contributed by atoms with Crippen LogP contribution in [-0.4, -0.2) is 17.1 Å². The first-order chi connectivity index (χ1) is 12.0. The van der Waals surface area contributed by atoms with Gasteiger partial charge in [-0.3, -0.25) is 10.1 Å².